The molecular weight excluding hydrogens is 560 g/mol. The molecule has 1 fully saturated rings. The summed E-state index contributed by atoms with van der Waals surface area (Å²) < 4.78 is 17.2. The molecule has 0 saturated carbocycles. The van der Waals surface area contributed by atoms with Crippen molar-refractivity contribution < 1.29 is 23.8 Å². The molecule has 1 saturated heterocycles. The van der Waals surface area contributed by atoms with Gasteiger partial charge in [0.15, 0.2) is 11.5 Å². The van der Waals surface area contributed by atoms with E-state index in [4.69, 9.17) is 14.2 Å². The number of amides is 2. The number of anilines is 1. The van der Waals surface area contributed by atoms with Crippen LogP contribution in [0.4, 0.5) is 5.69 Å². The molecule has 44 heavy (non-hydrogen) atoms. The lowest BCUT2D eigenvalue weighted by atomic mass is 9.95. The average molecular weight is 609 g/mol. The van der Waals surface area contributed by atoms with Crippen molar-refractivity contribution in [2.45, 2.75) is 77.9 Å². The van der Waals surface area contributed by atoms with E-state index in [9.17, 15) is 14.4 Å². The van der Waals surface area contributed by atoms with Gasteiger partial charge in [-0.3, -0.25) is 19.3 Å². The van der Waals surface area contributed by atoms with E-state index in [1.807, 2.05) is 26.0 Å². The fourth-order valence-electron chi connectivity index (χ4n) is 6.57. The van der Waals surface area contributed by atoms with Gasteiger partial charge >= 0.3 is 0 Å². The Morgan fingerprint density at radius 1 is 1.05 bits per heavy atom. The van der Waals surface area contributed by atoms with Crippen LogP contribution < -0.4 is 35.6 Å². The fourth-order valence-corrected chi connectivity index (χ4v) is 6.57. The van der Waals surface area contributed by atoms with Gasteiger partial charge in [-0.05, 0) is 79.6 Å². The molecule has 0 aromatic heterocycles. The Balaban J connectivity index is 1.78. The van der Waals surface area contributed by atoms with Crippen molar-refractivity contribution in [3.8, 4) is 28.4 Å². The molecule has 4 rings (SSSR count). The number of fused-ring (bicyclic) bond motifs is 3. The summed E-state index contributed by atoms with van der Waals surface area (Å²) in [5, 5.41) is 9.50. The van der Waals surface area contributed by atoms with E-state index in [1.165, 1.54) is 6.92 Å². The summed E-state index contributed by atoms with van der Waals surface area (Å²) in [6.07, 6.45) is 4.14. The van der Waals surface area contributed by atoms with Gasteiger partial charge in [0.2, 0.25) is 23.0 Å². The van der Waals surface area contributed by atoms with E-state index in [-0.39, 0.29) is 23.2 Å². The van der Waals surface area contributed by atoms with Crippen LogP contribution in [0, 0.1) is 5.92 Å². The Morgan fingerprint density at radius 2 is 1.80 bits per heavy atom. The summed E-state index contributed by atoms with van der Waals surface area (Å²) in [7, 11) is 4.70. The number of likely N-dealkylation sites (tertiary alicyclic amines) is 1. The Labute approximate surface area is 260 Å². The molecule has 1 aliphatic carbocycles. The maximum atomic E-state index is 13.9. The van der Waals surface area contributed by atoms with E-state index in [0.29, 0.717) is 53.9 Å². The standard InChI is InChI=1S/C34H48N4O6/c1-8-20(3)31(34(41)35-19-23-11-10-16-38(23)9-2)37-27-15-13-24-25(18-28(27)40)26(36-21(4)39)14-12-22-17-29(42-5)32(43-6)33(44-7)30(22)24/h13,15,17-18,20,23,26,31H,8-12,14,16,19H2,1-7H3,(H,35,41)(H,36,39)(H,37,40). The van der Waals surface area contributed by atoms with Crippen LogP contribution in [0.1, 0.15) is 70.5 Å². The maximum absolute atomic E-state index is 13.9. The van der Waals surface area contributed by atoms with Crippen LogP contribution in [0.15, 0.2) is 29.1 Å². The topological polar surface area (TPSA) is 118 Å². The van der Waals surface area contributed by atoms with E-state index < -0.39 is 12.1 Å². The first kappa shape index (κ1) is 33.1. The third kappa shape index (κ3) is 6.96. The minimum Gasteiger partial charge on any atom is -0.493 e. The van der Waals surface area contributed by atoms with Crippen molar-refractivity contribution in [1.29, 1.82) is 0 Å². The maximum Gasteiger partial charge on any atom is 0.242 e. The second-order valence-corrected chi connectivity index (χ2v) is 11.8. The van der Waals surface area contributed by atoms with Crippen molar-refractivity contribution in [3.63, 3.8) is 0 Å². The van der Waals surface area contributed by atoms with Gasteiger partial charge in [-0.1, -0.05) is 33.3 Å². The van der Waals surface area contributed by atoms with Gasteiger partial charge in [0.05, 0.1) is 33.1 Å². The number of aryl methyl sites for hydroxylation is 1. The zero-order valence-corrected chi connectivity index (χ0v) is 27.2. The molecule has 2 aromatic rings. The van der Waals surface area contributed by atoms with Crippen LogP contribution in [0.2, 0.25) is 0 Å². The van der Waals surface area contributed by atoms with Crippen LogP contribution in [0.25, 0.3) is 11.1 Å². The minimum atomic E-state index is -0.594. The quantitative estimate of drug-likeness (QED) is 0.327. The van der Waals surface area contributed by atoms with Crippen LogP contribution in [0.3, 0.4) is 0 Å². The molecule has 0 radical (unpaired) electrons. The monoisotopic (exact) mass is 608 g/mol. The van der Waals surface area contributed by atoms with E-state index in [1.54, 1.807) is 33.5 Å². The molecule has 3 N–H and O–H groups in total. The largest absolute Gasteiger partial charge is 0.493 e. The molecule has 0 bridgehead atoms. The second-order valence-electron chi connectivity index (χ2n) is 11.8. The van der Waals surface area contributed by atoms with Gasteiger partial charge in [-0.15, -0.1) is 0 Å². The van der Waals surface area contributed by atoms with Crippen LogP contribution in [0.5, 0.6) is 17.2 Å². The molecule has 4 atom stereocenters. The molecule has 2 amide bonds. The number of benzene rings is 1. The summed E-state index contributed by atoms with van der Waals surface area (Å²) in [6.45, 7) is 10.3. The highest BCUT2D eigenvalue weighted by molar-refractivity contribution is 5.86. The summed E-state index contributed by atoms with van der Waals surface area (Å²) >= 11 is 0. The highest BCUT2D eigenvalue weighted by atomic mass is 16.5. The zero-order valence-electron chi connectivity index (χ0n) is 27.2. The Kier molecular flexibility index (Phi) is 11.1. The highest BCUT2D eigenvalue weighted by Crippen LogP contribution is 2.50. The molecular formula is C34H48N4O6. The normalized spacial score (nSPS) is 19.1. The van der Waals surface area contributed by atoms with Gasteiger partial charge in [0, 0.05) is 25.1 Å². The molecule has 2 aliphatic rings. The number of carbonyl (C=O) groups excluding carboxylic acids is 2. The zero-order chi connectivity index (χ0) is 32.0. The third-order valence-electron chi connectivity index (χ3n) is 9.14. The first-order valence-electron chi connectivity index (χ1n) is 15.7. The lowest BCUT2D eigenvalue weighted by molar-refractivity contribution is -0.123. The lowest BCUT2D eigenvalue weighted by Crippen LogP contribution is -2.48. The Morgan fingerprint density at radius 3 is 2.43 bits per heavy atom. The minimum absolute atomic E-state index is 0.0201. The van der Waals surface area contributed by atoms with Crippen molar-refractivity contribution in [3.05, 3.63) is 45.6 Å². The Bertz CT molecular complexity index is 1410. The molecule has 1 aliphatic heterocycles. The number of hydrogen-bond acceptors (Lipinski definition) is 8. The van der Waals surface area contributed by atoms with Gasteiger partial charge in [0.25, 0.3) is 0 Å². The molecule has 240 valence electrons. The molecule has 10 heteroatoms. The summed E-state index contributed by atoms with van der Waals surface area (Å²) in [5.41, 5.74) is 3.20. The second kappa shape index (κ2) is 14.8. The highest BCUT2D eigenvalue weighted by Gasteiger charge is 2.31. The van der Waals surface area contributed by atoms with Gasteiger partial charge in [-0.2, -0.15) is 0 Å². The first-order valence-corrected chi connectivity index (χ1v) is 15.7. The molecule has 2 aromatic carbocycles. The predicted molar refractivity (Wildman–Crippen MR) is 173 cm³/mol. The van der Waals surface area contributed by atoms with Crippen molar-refractivity contribution in [1.82, 2.24) is 15.5 Å². The number of ether oxygens (including phenoxy) is 3. The lowest BCUT2D eigenvalue weighted by Gasteiger charge is -2.27. The third-order valence-corrected chi connectivity index (χ3v) is 9.14. The van der Waals surface area contributed by atoms with Crippen molar-refractivity contribution >= 4 is 17.5 Å². The summed E-state index contributed by atoms with van der Waals surface area (Å²) in [5.74, 6) is 1.15. The number of nitrogens with one attached hydrogen (secondary N) is 3. The number of rotatable bonds is 12. The van der Waals surface area contributed by atoms with Crippen LogP contribution in [-0.4, -0.2) is 69.8 Å². The van der Waals surface area contributed by atoms with Crippen LogP contribution >= 0.6 is 0 Å². The van der Waals surface area contributed by atoms with E-state index in [0.717, 1.165) is 49.0 Å². The summed E-state index contributed by atoms with van der Waals surface area (Å²) in [4.78, 5) is 42.1. The van der Waals surface area contributed by atoms with Crippen molar-refractivity contribution in [2.75, 3.05) is 46.3 Å². The van der Waals surface area contributed by atoms with Gasteiger partial charge < -0.3 is 30.2 Å². The van der Waals surface area contributed by atoms with E-state index in [2.05, 4.69) is 27.8 Å². The molecule has 1 heterocycles. The van der Waals surface area contributed by atoms with E-state index >= 15 is 0 Å². The smallest absolute Gasteiger partial charge is 0.242 e. The van der Waals surface area contributed by atoms with Gasteiger partial charge in [-0.25, -0.2) is 0 Å². The number of nitrogens with zero attached hydrogens (tertiary/aromatic N) is 1. The SMILES string of the molecule is CCC(C)C(Nc1ccc2c(cc1=O)C(NC(C)=O)CCc1cc(OC)c(OC)c(OC)c1-2)C(=O)NCC1CCCN1CC. The molecule has 0 spiro atoms. The first-order chi connectivity index (χ1) is 21.2. The number of likely N-dealkylation sites (N-methyl/N-ethyl adjacent to an activating group) is 1. The molecule has 4 unspecified atom stereocenters. The summed E-state index contributed by atoms with van der Waals surface area (Å²) in [6, 6.07) is 6.43. The molecule has 10 nitrogen and oxygen atoms in total. The number of carbonyl (C=O) groups is 2. The fraction of sp³-hybridized carbons (Fsp3) is 0.559. The number of hydrogen-bond donors (Lipinski definition) is 3. The van der Waals surface area contributed by atoms with Gasteiger partial charge in [0.1, 0.15) is 6.04 Å². The average Bonchev–Trinajstić information content (AvgIpc) is 3.36. The number of methoxy groups -OCH3 is 3. The Hall–Kier alpha value is -3.79. The van der Waals surface area contributed by atoms with Crippen molar-refractivity contribution in [2.24, 2.45) is 5.92 Å². The predicted octanol–water partition coefficient (Wildman–Crippen LogP) is 4.29. The van der Waals surface area contributed by atoms with Crippen LogP contribution in [-0.2, 0) is 16.0 Å².